The van der Waals surface area contributed by atoms with Gasteiger partial charge in [-0.1, -0.05) is 49.3 Å². The molecule has 0 radical (unpaired) electrons. The Bertz CT molecular complexity index is 460. The molecule has 4 fully saturated rings. The van der Waals surface area contributed by atoms with E-state index in [1.807, 2.05) is 0 Å². The summed E-state index contributed by atoms with van der Waals surface area (Å²) in [6, 6.07) is 0. The fourth-order valence-electron chi connectivity index (χ4n) is 7.03. The van der Waals surface area contributed by atoms with Crippen LogP contribution >= 0.6 is 22.6 Å². The molecule has 0 heterocycles. The van der Waals surface area contributed by atoms with Crippen molar-refractivity contribution in [2.75, 3.05) is 0 Å². The monoisotopic (exact) mass is 400 g/mol. The van der Waals surface area contributed by atoms with Gasteiger partial charge in [0.1, 0.15) is 5.78 Å². The average Bonchev–Trinajstić information content (AvgIpc) is 2.70. The van der Waals surface area contributed by atoms with Crippen LogP contribution in [0, 0.1) is 34.5 Å². The van der Waals surface area contributed by atoms with Gasteiger partial charge in [-0.05, 0) is 73.0 Å². The van der Waals surface area contributed by atoms with Gasteiger partial charge in [-0.2, -0.15) is 0 Å². The lowest BCUT2D eigenvalue weighted by Crippen LogP contribution is -2.52. The van der Waals surface area contributed by atoms with Crippen LogP contribution in [0.3, 0.4) is 0 Å². The minimum atomic E-state index is 0.290. The Kier molecular flexibility index (Phi) is 3.52. The molecule has 4 aliphatic carbocycles. The van der Waals surface area contributed by atoms with Gasteiger partial charge < -0.3 is 0 Å². The van der Waals surface area contributed by atoms with Crippen LogP contribution in [0.25, 0.3) is 0 Å². The second-order valence-corrected chi connectivity index (χ2v) is 10.2. The molecule has 0 aromatic rings. The summed E-state index contributed by atoms with van der Waals surface area (Å²) in [7, 11) is 0. The SMILES string of the molecule is C[C@]12CCCC[C@@H]1CC[C@H]1[C@H]2CC[C@]2(C)[C@@H](I)C(=O)C[C@@H]12. The van der Waals surface area contributed by atoms with Crippen molar-refractivity contribution in [3.63, 3.8) is 0 Å². The van der Waals surface area contributed by atoms with Gasteiger partial charge >= 0.3 is 0 Å². The molecule has 0 N–H and O–H groups in total. The molecule has 0 aliphatic heterocycles. The van der Waals surface area contributed by atoms with E-state index in [4.69, 9.17) is 0 Å². The van der Waals surface area contributed by atoms with Crippen molar-refractivity contribution in [2.45, 2.75) is 75.6 Å². The second-order valence-electron chi connectivity index (χ2n) is 8.98. The number of ketones is 1. The number of Topliss-reactive ketones (excluding diaryl/α,β-unsaturated/α-hetero) is 1. The standard InChI is InChI=1S/C19H29IO/c1-18-9-4-3-5-12(18)6-7-13-14(18)8-10-19(2)15(13)11-16(21)17(19)20/h12-15,17H,3-11H2,1-2H3/t12-,13+,14-,15+,17+,18+,19+/m1/s1. The van der Waals surface area contributed by atoms with Crippen LogP contribution in [0.2, 0.25) is 0 Å². The van der Waals surface area contributed by atoms with Crippen LogP contribution < -0.4 is 0 Å². The number of hydrogen-bond acceptors (Lipinski definition) is 1. The summed E-state index contributed by atoms with van der Waals surface area (Å²) in [6.45, 7) is 5.06. The normalized spacial score (nSPS) is 56.5. The van der Waals surface area contributed by atoms with Crippen LogP contribution in [0.15, 0.2) is 0 Å². The molecule has 0 saturated heterocycles. The van der Waals surface area contributed by atoms with E-state index < -0.39 is 0 Å². The lowest BCUT2D eigenvalue weighted by molar-refractivity contribution is -0.117. The molecule has 1 nitrogen and oxygen atoms in total. The Hall–Kier alpha value is 0.400. The molecule has 0 amide bonds. The topological polar surface area (TPSA) is 17.1 Å². The second kappa shape index (κ2) is 4.95. The van der Waals surface area contributed by atoms with Gasteiger partial charge in [-0.15, -0.1) is 0 Å². The van der Waals surface area contributed by atoms with E-state index in [0.717, 1.165) is 24.2 Å². The molecular weight excluding hydrogens is 371 g/mol. The Labute approximate surface area is 143 Å². The van der Waals surface area contributed by atoms with Gasteiger partial charge in [0.05, 0.1) is 3.92 Å². The summed E-state index contributed by atoms with van der Waals surface area (Å²) in [5.74, 6) is 4.02. The predicted molar refractivity (Wildman–Crippen MR) is 94.5 cm³/mol. The molecule has 0 bridgehead atoms. The van der Waals surface area contributed by atoms with Gasteiger partial charge in [0.2, 0.25) is 0 Å². The van der Waals surface area contributed by atoms with Gasteiger partial charge in [-0.25, -0.2) is 0 Å². The minimum Gasteiger partial charge on any atom is -0.298 e. The van der Waals surface area contributed by atoms with Gasteiger partial charge in [0.15, 0.2) is 0 Å². The molecule has 7 atom stereocenters. The minimum absolute atomic E-state index is 0.290. The Balaban J connectivity index is 1.67. The van der Waals surface area contributed by atoms with E-state index in [-0.39, 0.29) is 3.92 Å². The first-order valence-corrected chi connectivity index (χ1v) is 10.4. The number of halogens is 1. The Morgan fingerprint density at radius 1 is 0.952 bits per heavy atom. The third kappa shape index (κ3) is 1.96. The van der Waals surface area contributed by atoms with Crippen molar-refractivity contribution >= 4 is 28.4 Å². The summed E-state index contributed by atoms with van der Waals surface area (Å²) >= 11 is 2.46. The number of carbonyl (C=O) groups is 1. The summed E-state index contributed by atoms with van der Waals surface area (Å²) in [5, 5.41) is 0. The lowest BCUT2D eigenvalue weighted by Gasteiger charge is -2.60. The summed E-state index contributed by atoms with van der Waals surface area (Å²) < 4.78 is 0.290. The van der Waals surface area contributed by atoms with E-state index in [9.17, 15) is 4.79 Å². The molecule has 4 rings (SSSR count). The first kappa shape index (κ1) is 15.0. The third-order valence-electron chi connectivity index (χ3n) is 8.30. The van der Waals surface area contributed by atoms with E-state index in [1.165, 1.54) is 51.4 Å². The molecule has 4 saturated carbocycles. The fraction of sp³-hybridized carbons (Fsp3) is 0.947. The zero-order valence-electron chi connectivity index (χ0n) is 13.5. The van der Waals surface area contributed by atoms with Crippen LogP contribution in [0.5, 0.6) is 0 Å². The van der Waals surface area contributed by atoms with Gasteiger partial charge in [0, 0.05) is 6.42 Å². The van der Waals surface area contributed by atoms with Gasteiger partial charge in [0.25, 0.3) is 0 Å². The Morgan fingerprint density at radius 3 is 2.57 bits per heavy atom. The van der Waals surface area contributed by atoms with Crippen molar-refractivity contribution in [2.24, 2.45) is 34.5 Å². The molecule has 118 valence electrons. The molecule has 0 unspecified atom stereocenters. The predicted octanol–water partition coefficient (Wildman–Crippen LogP) is 5.40. The summed E-state index contributed by atoms with van der Waals surface area (Å²) in [6.07, 6.45) is 12.3. The van der Waals surface area contributed by atoms with E-state index in [0.29, 0.717) is 22.5 Å². The number of fused-ring (bicyclic) bond motifs is 5. The first-order valence-electron chi connectivity index (χ1n) is 9.13. The Morgan fingerprint density at radius 2 is 1.76 bits per heavy atom. The van der Waals surface area contributed by atoms with Crippen molar-refractivity contribution < 1.29 is 4.79 Å². The summed E-state index contributed by atoms with van der Waals surface area (Å²) in [4.78, 5) is 12.4. The van der Waals surface area contributed by atoms with Gasteiger partial charge in [-0.3, -0.25) is 4.79 Å². The maximum Gasteiger partial charge on any atom is 0.146 e. The smallest absolute Gasteiger partial charge is 0.146 e. The number of hydrogen-bond donors (Lipinski definition) is 0. The molecule has 21 heavy (non-hydrogen) atoms. The van der Waals surface area contributed by atoms with Crippen LogP contribution in [-0.4, -0.2) is 9.71 Å². The number of carbonyl (C=O) groups excluding carboxylic acids is 1. The average molecular weight is 400 g/mol. The maximum atomic E-state index is 12.4. The van der Waals surface area contributed by atoms with E-state index in [2.05, 4.69) is 36.4 Å². The molecule has 2 heteroatoms. The number of rotatable bonds is 0. The maximum absolute atomic E-state index is 12.4. The highest BCUT2D eigenvalue weighted by Crippen LogP contribution is 2.66. The highest BCUT2D eigenvalue weighted by molar-refractivity contribution is 14.1. The molecule has 0 aromatic carbocycles. The molecule has 4 aliphatic rings. The third-order valence-corrected chi connectivity index (χ3v) is 10.4. The number of alkyl halides is 1. The highest BCUT2D eigenvalue weighted by atomic mass is 127. The quantitative estimate of drug-likeness (QED) is 0.393. The zero-order chi connectivity index (χ0) is 14.8. The van der Waals surface area contributed by atoms with Crippen molar-refractivity contribution in [1.82, 2.24) is 0 Å². The van der Waals surface area contributed by atoms with E-state index >= 15 is 0 Å². The van der Waals surface area contributed by atoms with Crippen LogP contribution in [-0.2, 0) is 4.79 Å². The summed E-state index contributed by atoms with van der Waals surface area (Å²) in [5.41, 5.74) is 0.922. The molecule has 0 aromatic heterocycles. The largest absolute Gasteiger partial charge is 0.298 e. The van der Waals surface area contributed by atoms with Crippen LogP contribution in [0.1, 0.15) is 71.6 Å². The van der Waals surface area contributed by atoms with Crippen molar-refractivity contribution in [1.29, 1.82) is 0 Å². The molecular formula is C19H29IO. The first-order chi connectivity index (χ1) is 9.97. The van der Waals surface area contributed by atoms with E-state index in [1.54, 1.807) is 0 Å². The zero-order valence-corrected chi connectivity index (χ0v) is 15.7. The van der Waals surface area contributed by atoms with Crippen molar-refractivity contribution in [3.8, 4) is 0 Å². The lowest BCUT2D eigenvalue weighted by atomic mass is 9.45. The van der Waals surface area contributed by atoms with Crippen molar-refractivity contribution in [3.05, 3.63) is 0 Å². The molecule has 0 spiro atoms. The highest BCUT2D eigenvalue weighted by Gasteiger charge is 2.61. The van der Waals surface area contributed by atoms with Crippen LogP contribution in [0.4, 0.5) is 0 Å². The fourth-order valence-corrected chi connectivity index (χ4v) is 8.06.